The van der Waals surface area contributed by atoms with E-state index in [0.717, 1.165) is 23.7 Å². The third kappa shape index (κ3) is 4.43. The molecule has 0 aliphatic heterocycles. The lowest BCUT2D eigenvalue weighted by molar-refractivity contribution is 0.128. The second-order valence-electron chi connectivity index (χ2n) is 4.54. The van der Waals surface area contributed by atoms with Crippen LogP contribution in [0.2, 0.25) is 0 Å². The van der Waals surface area contributed by atoms with E-state index in [0.29, 0.717) is 24.9 Å². The van der Waals surface area contributed by atoms with Crippen LogP contribution in [0.25, 0.3) is 0 Å². The Bertz CT molecular complexity index is 587. The van der Waals surface area contributed by atoms with Crippen LogP contribution in [0, 0.1) is 6.92 Å². The van der Waals surface area contributed by atoms with E-state index in [1.165, 1.54) is 0 Å². The zero-order chi connectivity index (χ0) is 15.1. The molecule has 0 fully saturated rings. The van der Waals surface area contributed by atoms with Gasteiger partial charge in [-0.25, -0.2) is 4.98 Å². The first-order valence-corrected chi connectivity index (χ1v) is 7.16. The van der Waals surface area contributed by atoms with Crippen molar-refractivity contribution in [2.45, 2.75) is 27.4 Å². The van der Waals surface area contributed by atoms with Crippen LogP contribution in [0.4, 0.5) is 5.82 Å². The molecule has 5 heteroatoms. The molecule has 0 unspecified atom stereocenters. The van der Waals surface area contributed by atoms with Crippen LogP contribution < -0.4 is 10.1 Å². The Morgan fingerprint density at radius 3 is 2.67 bits per heavy atom. The molecule has 0 aliphatic carbocycles. The minimum absolute atomic E-state index is 0.375. The number of nitrogens with zero attached hydrogens (tertiary/aromatic N) is 2. The highest BCUT2D eigenvalue weighted by molar-refractivity contribution is 5.41. The molecule has 1 N–H and O–H groups in total. The third-order valence-electron chi connectivity index (χ3n) is 2.85. The summed E-state index contributed by atoms with van der Waals surface area (Å²) in [5.41, 5.74) is 1.06. The van der Waals surface area contributed by atoms with Crippen molar-refractivity contribution in [3.63, 3.8) is 0 Å². The molecule has 112 valence electrons. The summed E-state index contributed by atoms with van der Waals surface area (Å²) >= 11 is 0. The summed E-state index contributed by atoms with van der Waals surface area (Å²) in [6, 6.07) is 9.64. The fraction of sp³-hybridized carbons (Fsp3) is 0.375. The first kappa shape index (κ1) is 15.3. The van der Waals surface area contributed by atoms with Gasteiger partial charge < -0.3 is 14.8 Å². The zero-order valence-electron chi connectivity index (χ0n) is 12.7. The normalized spacial score (nSPS) is 10.4. The topological polar surface area (TPSA) is 56.3 Å². The van der Waals surface area contributed by atoms with Crippen LogP contribution >= 0.6 is 0 Å². The maximum absolute atomic E-state index is 5.87. The number of ether oxygens (including phenoxy) is 2. The maximum Gasteiger partial charge on any atom is 0.224 e. The summed E-state index contributed by atoms with van der Waals surface area (Å²) in [6.45, 7) is 7.76. The fourth-order valence-corrected chi connectivity index (χ4v) is 1.84. The van der Waals surface area contributed by atoms with Crippen LogP contribution in [0.5, 0.6) is 11.6 Å². The SMILES string of the molecule is CCNc1cc(Oc2ccccc2C)nc(COCC)n1. The average Bonchev–Trinajstić information content (AvgIpc) is 2.48. The van der Waals surface area contributed by atoms with Crippen molar-refractivity contribution in [3.05, 3.63) is 41.7 Å². The van der Waals surface area contributed by atoms with Gasteiger partial charge in [-0.15, -0.1) is 0 Å². The summed E-state index contributed by atoms with van der Waals surface area (Å²) in [4.78, 5) is 8.79. The van der Waals surface area contributed by atoms with Gasteiger partial charge in [0.25, 0.3) is 0 Å². The summed E-state index contributed by atoms with van der Waals surface area (Å²) in [6.07, 6.45) is 0. The summed E-state index contributed by atoms with van der Waals surface area (Å²) in [5, 5.41) is 3.18. The highest BCUT2D eigenvalue weighted by Gasteiger charge is 2.08. The minimum Gasteiger partial charge on any atom is -0.439 e. The molecule has 0 atom stereocenters. The van der Waals surface area contributed by atoms with Gasteiger partial charge in [0.05, 0.1) is 0 Å². The lowest BCUT2D eigenvalue weighted by Crippen LogP contribution is -2.06. The van der Waals surface area contributed by atoms with Crippen LogP contribution in [-0.2, 0) is 11.3 Å². The molecule has 1 aromatic heterocycles. The minimum atomic E-state index is 0.375. The van der Waals surface area contributed by atoms with Gasteiger partial charge in [0, 0.05) is 19.2 Å². The Morgan fingerprint density at radius 1 is 1.14 bits per heavy atom. The molecule has 0 saturated carbocycles. The van der Waals surface area contributed by atoms with Crippen LogP contribution in [0.1, 0.15) is 25.2 Å². The summed E-state index contributed by atoms with van der Waals surface area (Å²) < 4.78 is 11.2. The number of anilines is 1. The monoisotopic (exact) mass is 287 g/mol. The number of rotatable bonds is 7. The standard InChI is InChI=1S/C16H21N3O2/c1-4-17-14-10-16(19-15(18-14)11-20-5-2)21-13-9-7-6-8-12(13)3/h6-10H,4-5,11H2,1-3H3,(H,17,18,19). The first-order chi connectivity index (χ1) is 10.2. The summed E-state index contributed by atoms with van der Waals surface area (Å²) in [7, 11) is 0. The molecule has 5 nitrogen and oxygen atoms in total. The molecule has 0 spiro atoms. The van der Waals surface area contributed by atoms with Gasteiger partial charge in [0.2, 0.25) is 5.88 Å². The Balaban J connectivity index is 2.24. The highest BCUT2D eigenvalue weighted by Crippen LogP contribution is 2.24. The molecule has 0 radical (unpaired) electrons. The molecule has 2 rings (SSSR count). The number of para-hydroxylation sites is 1. The number of nitrogens with one attached hydrogen (secondary N) is 1. The predicted molar refractivity (Wildman–Crippen MR) is 82.8 cm³/mol. The lowest BCUT2D eigenvalue weighted by atomic mass is 10.2. The van der Waals surface area contributed by atoms with Crippen molar-refractivity contribution >= 4 is 5.82 Å². The molecular formula is C16H21N3O2. The Hall–Kier alpha value is -2.14. The molecule has 0 aliphatic rings. The number of aromatic nitrogens is 2. The van der Waals surface area contributed by atoms with Gasteiger partial charge in [-0.05, 0) is 32.4 Å². The fourth-order valence-electron chi connectivity index (χ4n) is 1.84. The van der Waals surface area contributed by atoms with E-state index in [1.54, 1.807) is 6.07 Å². The second kappa shape index (κ2) is 7.59. The van der Waals surface area contributed by atoms with Crippen molar-refractivity contribution in [2.75, 3.05) is 18.5 Å². The Morgan fingerprint density at radius 2 is 1.95 bits per heavy atom. The average molecular weight is 287 g/mol. The smallest absolute Gasteiger partial charge is 0.224 e. The molecule has 1 heterocycles. The first-order valence-electron chi connectivity index (χ1n) is 7.16. The van der Waals surface area contributed by atoms with Crippen molar-refractivity contribution < 1.29 is 9.47 Å². The van der Waals surface area contributed by atoms with Crippen molar-refractivity contribution in [1.29, 1.82) is 0 Å². The van der Waals surface area contributed by atoms with Gasteiger partial charge >= 0.3 is 0 Å². The molecule has 2 aromatic rings. The number of aryl methyl sites for hydroxylation is 1. The van der Waals surface area contributed by atoms with E-state index in [9.17, 15) is 0 Å². The highest BCUT2D eigenvalue weighted by atomic mass is 16.5. The van der Waals surface area contributed by atoms with Gasteiger partial charge in [-0.1, -0.05) is 18.2 Å². The molecule has 21 heavy (non-hydrogen) atoms. The van der Waals surface area contributed by atoms with Gasteiger partial charge in [-0.2, -0.15) is 4.98 Å². The second-order valence-corrected chi connectivity index (χ2v) is 4.54. The van der Waals surface area contributed by atoms with E-state index in [2.05, 4.69) is 15.3 Å². The molecule has 0 amide bonds. The van der Waals surface area contributed by atoms with Gasteiger partial charge in [-0.3, -0.25) is 0 Å². The lowest BCUT2D eigenvalue weighted by Gasteiger charge is -2.11. The number of hydrogen-bond acceptors (Lipinski definition) is 5. The zero-order valence-corrected chi connectivity index (χ0v) is 12.7. The quantitative estimate of drug-likeness (QED) is 0.844. The van der Waals surface area contributed by atoms with Crippen molar-refractivity contribution in [3.8, 4) is 11.6 Å². The van der Waals surface area contributed by atoms with Gasteiger partial charge in [0.1, 0.15) is 18.2 Å². The van der Waals surface area contributed by atoms with Crippen LogP contribution in [-0.4, -0.2) is 23.1 Å². The summed E-state index contributed by atoms with van der Waals surface area (Å²) in [5.74, 6) is 2.66. The number of benzene rings is 1. The van der Waals surface area contributed by atoms with E-state index in [4.69, 9.17) is 9.47 Å². The van der Waals surface area contributed by atoms with Crippen LogP contribution in [0.3, 0.4) is 0 Å². The van der Waals surface area contributed by atoms with E-state index < -0.39 is 0 Å². The maximum atomic E-state index is 5.87. The Labute approximate surface area is 125 Å². The van der Waals surface area contributed by atoms with Crippen molar-refractivity contribution in [2.24, 2.45) is 0 Å². The molecule has 0 saturated heterocycles. The Kier molecular flexibility index (Phi) is 5.51. The predicted octanol–water partition coefficient (Wildman–Crippen LogP) is 3.55. The van der Waals surface area contributed by atoms with E-state index in [-0.39, 0.29) is 0 Å². The molecule has 0 bridgehead atoms. The van der Waals surface area contributed by atoms with E-state index in [1.807, 2.05) is 45.0 Å². The van der Waals surface area contributed by atoms with Gasteiger partial charge in [0.15, 0.2) is 5.82 Å². The van der Waals surface area contributed by atoms with E-state index >= 15 is 0 Å². The van der Waals surface area contributed by atoms with Crippen molar-refractivity contribution in [1.82, 2.24) is 9.97 Å². The molecular weight excluding hydrogens is 266 g/mol. The third-order valence-corrected chi connectivity index (χ3v) is 2.85. The largest absolute Gasteiger partial charge is 0.439 e. The number of hydrogen-bond donors (Lipinski definition) is 1. The molecule has 1 aromatic carbocycles. The van der Waals surface area contributed by atoms with Crippen LogP contribution in [0.15, 0.2) is 30.3 Å².